The molecule has 9 heteroatoms. The van der Waals surface area contributed by atoms with E-state index in [1.807, 2.05) is 24.3 Å². The largest absolute Gasteiger partial charge is 0.347 e. The van der Waals surface area contributed by atoms with Crippen LogP contribution in [0.25, 0.3) is 11.3 Å². The number of nitrogens with zero attached hydrogens (tertiary/aromatic N) is 2. The van der Waals surface area contributed by atoms with Crippen molar-refractivity contribution in [2.45, 2.75) is 24.7 Å². The van der Waals surface area contributed by atoms with Gasteiger partial charge in [-0.25, -0.2) is 8.42 Å². The van der Waals surface area contributed by atoms with Gasteiger partial charge in [-0.2, -0.15) is 4.31 Å². The molecule has 32 heavy (non-hydrogen) atoms. The lowest BCUT2D eigenvalue weighted by molar-refractivity contribution is 0.100. The zero-order valence-electron chi connectivity index (χ0n) is 17.6. The molecule has 3 aromatic rings. The Hall–Kier alpha value is -2.49. The number of piperidine rings is 1. The predicted molar refractivity (Wildman–Crippen MR) is 126 cm³/mol. The maximum absolute atomic E-state index is 12.8. The van der Waals surface area contributed by atoms with E-state index in [4.69, 9.17) is 4.52 Å². The smallest absolute Gasteiger partial charge is 0.243 e. The van der Waals surface area contributed by atoms with Gasteiger partial charge in [0.05, 0.1) is 11.4 Å². The van der Waals surface area contributed by atoms with E-state index >= 15 is 0 Å². The fourth-order valence-corrected chi connectivity index (χ4v) is 5.31. The quantitative estimate of drug-likeness (QED) is 0.451. The van der Waals surface area contributed by atoms with Crippen LogP contribution in [0.4, 0.5) is 5.88 Å². The van der Waals surface area contributed by atoms with Crippen LogP contribution in [0.1, 0.15) is 30.1 Å². The van der Waals surface area contributed by atoms with Crippen molar-refractivity contribution >= 4 is 37.6 Å². The number of benzene rings is 2. The molecule has 0 atom stereocenters. The van der Waals surface area contributed by atoms with Gasteiger partial charge in [0, 0.05) is 34.8 Å². The molecule has 7 nitrogen and oxygen atoms in total. The number of halogens is 1. The van der Waals surface area contributed by atoms with Crippen LogP contribution < -0.4 is 5.32 Å². The summed E-state index contributed by atoms with van der Waals surface area (Å²) < 4.78 is 33.4. The second-order valence-corrected chi connectivity index (χ2v) is 10.8. The monoisotopic (exact) mass is 517 g/mol. The van der Waals surface area contributed by atoms with E-state index in [1.165, 1.54) is 16.4 Å². The highest BCUT2D eigenvalue weighted by Gasteiger charge is 2.28. The van der Waals surface area contributed by atoms with Crippen molar-refractivity contribution in [3.63, 3.8) is 0 Å². The third-order valence-corrected chi connectivity index (χ3v) is 8.07. The van der Waals surface area contributed by atoms with Gasteiger partial charge in [0.25, 0.3) is 0 Å². The summed E-state index contributed by atoms with van der Waals surface area (Å²) in [5, 5.41) is 6.95. The molecule has 0 bridgehead atoms. The first-order valence-electron chi connectivity index (χ1n) is 10.4. The van der Waals surface area contributed by atoms with Crippen molar-refractivity contribution in [1.29, 1.82) is 0 Å². The maximum atomic E-state index is 12.8. The number of sulfonamides is 1. The van der Waals surface area contributed by atoms with Gasteiger partial charge in [0.2, 0.25) is 15.9 Å². The second-order valence-electron chi connectivity index (χ2n) is 7.97. The number of hydrogen-bond acceptors (Lipinski definition) is 6. The van der Waals surface area contributed by atoms with Crippen LogP contribution in [-0.4, -0.2) is 43.3 Å². The third-order valence-electron chi connectivity index (χ3n) is 5.63. The molecule has 0 amide bonds. The Morgan fingerprint density at radius 1 is 1.12 bits per heavy atom. The number of anilines is 1. The van der Waals surface area contributed by atoms with Gasteiger partial charge in [-0.1, -0.05) is 40.1 Å². The molecule has 1 saturated heterocycles. The van der Waals surface area contributed by atoms with Crippen LogP contribution in [0, 0.1) is 5.92 Å². The Balaban J connectivity index is 1.37. The molecule has 1 fully saturated rings. The van der Waals surface area contributed by atoms with Crippen molar-refractivity contribution in [2.24, 2.45) is 5.92 Å². The van der Waals surface area contributed by atoms with Crippen LogP contribution in [0.15, 0.2) is 68.5 Å². The number of Topliss-reactive ketones (excluding diaryl/α,β-unsaturated/α-hetero) is 1. The van der Waals surface area contributed by atoms with Crippen molar-refractivity contribution < 1.29 is 17.7 Å². The van der Waals surface area contributed by atoms with Crippen LogP contribution in [0.2, 0.25) is 0 Å². The number of ketones is 1. The summed E-state index contributed by atoms with van der Waals surface area (Å²) in [5.74, 6) is 0.751. The lowest BCUT2D eigenvalue weighted by Gasteiger charge is -2.29. The fraction of sp³-hybridized carbons (Fsp3) is 0.304. The summed E-state index contributed by atoms with van der Waals surface area (Å²) in [6, 6.07) is 15.5. The Kier molecular flexibility index (Phi) is 6.78. The SMILES string of the molecule is CC1CCN(S(=O)(=O)c2ccc(C(=O)CNc3cc(-c4ccc(Br)cc4)no3)cc2)CC1. The fourth-order valence-electron chi connectivity index (χ4n) is 3.57. The number of aromatic nitrogens is 1. The Labute approximate surface area is 196 Å². The Bertz CT molecular complexity index is 1180. The number of carbonyl (C=O) groups is 1. The standard InChI is InChI=1S/C23H24BrN3O4S/c1-16-10-12-27(13-11-16)32(29,30)20-8-4-18(5-9-20)22(28)15-25-23-14-21(26-31-23)17-2-6-19(24)7-3-17/h2-9,14,16,25H,10-13,15H2,1H3. The van der Waals surface area contributed by atoms with Crippen molar-refractivity contribution in [1.82, 2.24) is 9.46 Å². The van der Waals surface area contributed by atoms with Crippen LogP contribution >= 0.6 is 15.9 Å². The molecule has 1 N–H and O–H groups in total. The second kappa shape index (κ2) is 9.56. The minimum Gasteiger partial charge on any atom is -0.347 e. The maximum Gasteiger partial charge on any atom is 0.243 e. The van der Waals surface area contributed by atoms with E-state index < -0.39 is 10.0 Å². The van der Waals surface area contributed by atoms with E-state index in [2.05, 4.69) is 33.3 Å². The molecule has 0 spiro atoms. The highest BCUT2D eigenvalue weighted by atomic mass is 79.9. The number of hydrogen-bond donors (Lipinski definition) is 1. The molecular formula is C23H24BrN3O4S. The van der Waals surface area contributed by atoms with Gasteiger partial charge in [-0.05, 0) is 55.2 Å². The molecule has 1 aromatic heterocycles. The molecule has 1 aliphatic heterocycles. The van der Waals surface area contributed by atoms with Gasteiger partial charge in [0.1, 0.15) is 5.69 Å². The summed E-state index contributed by atoms with van der Waals surface area (Å²) in [6.45, 7) is 3.21. The van der Waals surface area contributed by atoms with Crippen LogP contribution in [0.5, 0.6) is 0 Å². The highest BCUT2D eigenvalue weighted by Crippen LogP contribution is 2.25. The van der Waals surface area contributed by atoms with Gasteiger partial charge >= 0.3 is 0 Å². The number of carbonyl (C=O) groups excluding carboxylic acids is 1. The first-order chi connectivity index (χ1) is 15.3. The molecule has 1 aliphatic rings. The zero-order valence-corrected chi connectivity index (χ0v) is 20.0. The van der Waals surface area contributed by atoms with Gasteiger partial charge < -0.3 is 9.84 Å². The molecule has 168 valence electrons. The van der Waals surface area contributed by atoms with Crippen LogP contribution in [0.3, 0.4) is 0 Å². The summed E-state index contributed by atoms with van der Waals surface area (Å²) >= 11 is 3.39. The zero-order chi connectivity index (χ0) is 22.7. The molecular weight excluding hydrogens is 494 g/mol. The molecule has 0 saturated carbocycles. The summed E-state index contributed by atoms with van der Waals surface area (Å²) in [6.07, 6.45) is 1.74. The van der Waals surface area contributed by atoms with E-state index in [9.17, 15) is 13.2 Å². The number of nitrogens with one attached hydrogen (secondary N) is 1. The van der Waals surface area contributed by atoms with E-state index in [1.54, 1.807) is 18.2 Å². The van der Waals surface area contributed by atoms with E-state index in [-0.39, 0.29) is 17.2 Å². The molecule has 2 heterocycles. The van der Waals surface area contributed by atoms with Gasteiger partial charge in [-0.3, -0.25) is 4.79 Å². The first-order valence-corrected chi connectivity index (χ1v) is 12.7. The lowest BCUT2D eigenvalue weighted by atomic mass is 10.0. The minimum atomic E-state index is -3.53. The minimum absolute atomic E-state index is 0.00504. The average molecular weight is 518 g/mol. The molecule has 4 rings (SSSR count). The van der Waals surface area contributed by atoms with E-state index in [0.29, 0.717) is 36.1 Å². The molecule has 0 unspecified atom stereocenters. The molecule has 0 radical (unpaired) electrons. The molecule has 2 aromatic carbocycles. The first kappa shape index (κ1) is 22.7. The summed E-state index contributed by atoms with van der Waals surface area (Å²) in [4.78, 5) is 12.8. The average Bonchev–Trinajstić information content (AvgIpc) is 3.27. The highest BCUT2D eigenvalue weighted by molar-refractivity contribution is 9.10. The summed E-state index contributed by atoms with van der Waals surface area (Å²) in [5.41, 5.74) is 1.99. The molecule has 0 aliphatic carbocycles. The summed E-state index contributed by atoms with van der Waals surface area (Å²) in [7, 11) is -3.53. The van der Waals surface area contributed by atoms with Crippen molar-refractivity contribution in [2.75, 3.05) is 25.0 Å². The van der Waals surface area contributed by atoms with Crippen molar-refractivity contribution in [3.05, 3.63) is 64.6 Å². The van der Waals surface area contributed by atoms with Crippen molar-refractivity contribution in [3.8, 4) is 11.3 Å². The van der Waals surface area contributed by atoms with Crippen LogP contribution in [-0.2, 0) is 10.0 Å². The van der Waals surface area contributed by atoms with Gasteiger partial charge in [-0.15, -0.1) is 0 Å². The topological polar surface area (TPSA) is 92.5 Å². The van der Waals surface area contributed by atoms with E-state index in [0.717, 1.165) is 22.9 Å². The Morgan fingerprint density at radius 2 is 1.78 bits per heavy atom. The Morgan fingerprint density at radius 3 is 2.44 bits per heavy atom. The predicted octanol–water partition coefficient (Wildman–Crippen LogP) is 4.82. The third kappa shape index (κ3) is 5.11. The normalized spacial score (nSPS) is 15.6. The van der Waals surface area contributed by atoms with Gasteiger partial charge in [0.15, 0.2) is 5.78 Å². The lowest BCUT2D eigenvalue weighted by Crippen LogP contribution is -2.37. The number of rotatable bonds is 7.